The molecular weight excluding hydrogens is 393 g/mol. The van der Waals surface area contributed by atoms with Crippen molar-refractivity contribution in [1.29, 1.82) is 0 Å². The maximum atomic E-state index is 12.8. The minimum Gasteiger partial charge on any atom is -0.492 e. The molecule has 0 amide bonds. The second-order valence-corrected chi connectivity index (χ2v) is 7.31. The number of rotatable bonds is 4. The number of pyridine rings is 1. The molecule has 2 aromatic carbocycles. The topological polar surface area (TPSA) is 45.6 Å². The number of fused-ring (bicyclic) bond motifs is 1. The molecule has 2 heterocycles. The second-order valence-electron chi connectivity index (χ2n) is 7.31. The van der Waals surface area contributed by atoms with Gasteiger partial charge in [-0.05, 0) is 41.5 Å². The average molecular weight is 414 g/mol. The molecule has 0 spiro atoms. The molecule has 0 aliphatic carbocycles. The van der Waals surface area contributed by atoms with Crippen LogP contribution in [0.25, 0.3) is 0 Å². The van der Waals surface area contributed by atoms with E-state index >= 15 is 0 Å². The van der Waals surface area contributed by atoms with E-state index in [1.165, 1.54) is 12.1 Å². The van der Waals surface area contributed by atoms with E-state index in [4.69, 9.17) is 4.74 Å². The van der Waals surface area contributed by atoms with Crippen LogP contribution >= 0.6 is 0 Å². The first-order chi connectivity index (χ1) is 14.4. The van der Waals surface area contributed by atoms with Crippen molar-refractivity contribution in [3.63, 3.8) is 0 Å². The van der Waals surface area contributed by atoms with E-state index in [0.29, 0.717) is 31.8 Å². The molecule has 4 rings (SSSR count). The molecule has 0 fully saturated rings. The molecule has 1 aliphatic heterocycles. The summed E-state index contributed by atoms with van der Waals surface area (Å²) < 4.78 is 44.2. The lowest BCUT2D eigenvalue weighted by molar-refractivity contribution is -0.137. The fourth-order valence-corrected chi connectivity index (χ4v) is 3.56. The predicted molar refractivity (Wildman–Crippen MR) is 106 cm³/mol. The molecule has 0 saturated heterocycles. The van der Waals surface area contributed by atoms with Gasteiger partial charge in [0.2, 0.25) is 0 Å². The minimum absolute atomic E-state index is 0.484. The molecule has 156 valence electrons. The largest absolute Gasteiger partial charge is 0.492 e. The van der Waals surface area contributed by atoms with Gasteiger partial charge < -0.3 is 9.84 Å². The molecule has 1 aromatic heterocycles. The summed E-state index contributed by atoms with van der Waals surface area (Å²) in [6.07, 6.45) is -1.85. The van der Waals surface area contributed by atoms with Crippen molar-refractivity contribution >= 4 is 0 Å². The summed E-state index contributed by atoms with van der Waals surface area (Å²) in [6.45, 7) is 2.22. The van der Waals surface area contributed by atoms with Crippen LogP contribution in [0.1, 0.15) is 33.9 Å². The van der Waals surface area contributed by atoms with Gasteiger partial charge in [-0.3, -0.25) is 9.88 Å². The van der Waals surface area contributed by atoms with Crippen LogP contribution in [-0.4, -0.2) is 28.1 Å². The zero-order valence-electron chi connectivity index (χ0n) is 16.1. The predicted octanol–water partition coefficient (Wildman–Crippen LogP) is 4.58. The number of hydrogen-bond acceptors (Lipinski definition) is 4. The van der Waals surface area contributed by atoms with Gasteiger partial charge in [0.25, 0.3) is 0 Å². The van der Waals surface area contributed by atoms with Gasteiger partial charge in [0.15, 0.2) is 0 Å². The number of aliphatic hydroxyl groups excluding tert-OH is 1. The summed E-state index contributed by atoms with van der Waals surface area (Å²) >= 11 is 0. The highest BCUT2D eigenvalue weighted by Crippen LogP contribution is 2.31. The monoisotopic (exact) mass is 414 g/mol. The number of ether oxygens (including phenoxy) is 1. The quantitative estimate of drug-likeness (QED) is 0.679. The Morgan fingerprint density at radius 1 is 1.07 bits per heavy atom. The van der Waals surface area contributed by atoms with E-state index in [2.05, 4.69) is 9.88 Å². The van der Waals surface area contributed by atoms with Crippen LogP contribution in [-0.2, 0) is 19.3 Å². The highest BCUT2D eigenvalue weighted by Gasteiger charge is 2.30. The molecule has 1 N–H and O–H groups in total. The van der Waals surface area contributed by atoms with Gasteiger partial charge in [0.1, 0.15) is 18.5 Å². The van der Waals surface area contributed by atoms with Gasteiger partial charge >= 0.3 is 6.18 Å². The Morgan fingerprint density at radius 2 is 1.87 bits per heavy atom. The number of hydrogen-bond donors (Lipinski definition) is 1. The summed E-state index contributed by atoms with van der Waals surface area (Å²) in [5, 5.41) is 10.7. The second kappa shape index (κ2) is 8.45. The van der Waals surface area contributed by atoms with Gasteiger partial charge in [-0.2, -0.15) is 13.2 Å². The fourth-order valence-electron chi connectivity index (χ4n) is 3.56. The Balaban J connectivity index is 1.51. The Morgan fingerprint density at radius 3 is 2.57 bits per heavy atom. The van der Waals surface area contributed by atoms with Crippen molar-refractivity contribution in [2.45, 2.75) is 25.4 Å². The average Bonchev–Trinajstić information content (AvgIpc) is 2.94. The van der Waals surface area contributed by atoms with Gasteiger partial charge in [0, 0.05) is 43.2 Å². The van der Waals surface area contributed by atoms with Crippen LogP contribution < -0.4 is 4.74 Å². The Hall–Kier alpha value is -2.90. The maximum absolute atomic E-state index is 12.8. The Labute approximate surface area is 172 Å². The number of benzene rings is 2. The molecule has 0 saturated carbocycles. The molecule has 1 unspecified atom stereocenters. The number of halogens is 3. The molecule has 30 heavy (non-hydrogen) atoms. The summed E-state index contributed by atoms with van der Waals surface area (Å²) in [6, 6.07) is 14.4. The van der Waals surface area contributed by atoms with Crippen LogP contribution in [0.5, 0.6) is 5.75 Å². The smallest absolute Gasteiger partial charge is 0.416 e. The highest BCUT2D eigenvalue weighted by atomic mass is 19.4. The van der Waals surface area contributed by atoms with E-state index < -0.39 is 17.8 Å². The van der Waals surface area contributed by atoms with Gasteiger partial charge in [-0.1, -0.05) is 24.3 Å². The first kappa shape index (κ1) is 20.4. The van der Waals surface area contributed by atoms with E-state index in [1.807, 2.05) is 24.3 Å². The molecular formula is C23H21F3N2O2. The molecule has 0 radical (unpaired) electrons. The standard InChI is InChI=1S/C23H21F3N2O2/c24-23(25,26)20-6-3-16(4-7-20)14-28-10-11-30-21-8-5-17(12-19(21)15-28)22(29)18-2-1-9-27-13-18/h1-9,12-13,22,29H,10-11,14-15H2. The number of nitrogens with zero attached hydrogens (tertiary/aromatic N) is 2. The summed E-state index contributed by atoms with van der Waals surface area (Å²) in [7, 11) is 0. The van der Waals surface area contributed by atoms with Crippen molar-refractivity contribution in [3.8, 4) is 5.75 Å². The first-order valence-corrected chi connectivity index (χ1v) is 9.62. The van der Waals surface area contributed by atoms with Crippen molar-refractivity contribution in [2.24, 2.45) is 0 Å². The molecule has 3 aromatic rings. The third-order valence-corrected chi connectivity index (χ3v) is 5.15. The summed E-state index contributed by atoms with van der Waals surface area (Å²) in [4.78, 5) is 6.17. The van der Waals surface area contributed by atoms with E-state index in [-0.39, 0.29) is 0 Å². The van der Waals surface area contributed by atoms with Crippen molar-refractivity contribution in [2.75, 3.05) is 13.2 Å². The van der Waals surface area contributed by atoms with E-state index in [9.17, 15) is 18.3 Å². The normalized spacial score (nSPS) is 15.7. The molecule has 1 aliphatic rings. The van der Waals surface area contributed by atoms with Crippen LogP contribution in [0.4, 0.5) is 13.2 Å². The van der Waals surface area contributed by atoms with E-state index in [1.54, 1.807) is 18.5 Å². The maximum Gasteiger partial charge on any atom is 0.416 e. The lowest BCUT2D eigenvalue weighted by Gasteiger charge is -2.20. The molecule has 0 bridgehead atoms. The third-order valence-electron chi connectivity index (χ3n) is 5.15. The molecule has 7 heteroatoms. The summed E-state index contributed by atoms with van der Waals surface area (Å²) in [5.74, 6) is 0.757. The highest BCUT2D eigenvalue weighted by molar-refractivity contribution is 5.41. The van der Waals surface area contributed by atoms with Crippen molar-refractivity contribution in [1.82, 2.24) is 9.88 Å². The van der Waals surface area contributed by atoms with Crippen LogP contribution in [0.2, 0.25) is 0 Å². The number of aliphatic hydroxyl groups is 1. The minimum atomic E-state index is -4.33. The van der Waals surface area contributed by atoms with Crippen molar-refractivity contribution < 1.29 is 23.0 Å². The van der Waals surface area contributed by atoms with Gasteiger partial charge in [-0.15, -0.1) is 0 Å². The third kappa shape index (κ3) is 4.63. The van der Waals surface area contributed by atoms with Gasteiger partial charge in [-0.25, -0.2) is 0 Å². The zero-order chi connectivity index (χ0) is 21.1. The Bertz CT molecular complexity index is 992. The van der Waals surface area contributed by atoms with Crippen LogP contribution in [0.3, 0.4) is 0 Å². The zero-order valence-corrected chi connectivity index (χ0v) is 16.1. The van der Waals surface area contributed by atoms with E-state index in [0.717, 1.165) is 34.6 Å². The van der Waals surface area contributed by atoms with Crippen molar-refractivity contribution in [3.05, 3.63) is 94.8 Å². The van der Waals surface area contributed by atoms with Gasteiger partial charge in [0.05, 0.1) is 5.56 Å². The van der Waals surface area contributed by atoms with Crippen LogP contribution in [0.15, 0.2) is 67.0 Å². The SMILES string of the molecule is OC(c1cccnc1)c1ccc2c(c1)CN(Cc1ccc(C(F)(F)F)cc1)CCO2. The lowest BCUT2D eigenvalue weighted by Crippen LogP contribution is -2.25. The number of aromatic nitrogens is 1. The summed E-state index contributed by atoms with van der Waals surface area (Å²) in [5.41, 5.74) is 2.53. The lowest BCUT2D eigenvalue weighted by atomic mass is 10.00. The number of alkyl halides is 3. The molecule has 4 nitrogen and oxygen atoms in total. The molecule has 1 atom stereocenters. The first-order valence-electron chi connectivity index (χ1n) is 9.62. The fraction of sp³-hybridized carbons (Fsp3) is 0.261. The van der Waals surface area contributed by atoms with Crippen LogP contribution in [0, 0.1) is 0 Å². The Kier molecular flexibility index (Phi) is 5.74.